The van der Waals surface area contributed by atoms with Gasteiger partial charge in [-0.2, -0.15) is 22.0 Å². The van der Waals surface area contributed by atoms with E-state index in [1.807, 2.05) is 0 Å². The monoisotopic (exact) mass is 352 g/mol. The maximum absolute atomic E-state index is 11.7. The highest BCUT2D eigenvalue weighted by atomic mass is 35.5. The molecule has 1 unspecified atom stereocenters. The largest absolute Gasteiger partial charge is 0.454 e. The first-order valence-electron chi connectivity index (χ1n) is 3.66. The van der Waals surface area contributed by atoms with Gasteiger partial charge in [0, 0.05) is 0 Å². The van der Waals surface area contributed by atoms with Gasteiger partial charge >= 0.3 is 12.1 Å². The van der Waals surface area contributed by atoms with Crippen LogP contribution in [0.15, 0.2) is 0 Å². The topological polar surface area (TPSA) is 0 Å². The number of hydrogen-bond acceptors (Lipinski definition) is 0. The Bertz CT molecular complexity index is 233. The summed E-state index contributed by atoms with van der Waals surface area (Å²) in [6.45, 7) is 0. The molecule has 12 heteroatoms. The third-order valence-electron chi connectivity index (χ3n) is 1.12. The lowest BCUT2D eigenvalue weighted by atomic mass is 10.4. The van der Waals surface area contributed by atoms with Gasteiger partial charge in [-0.15, -0.1) is 11.6 Å². The molecule has 0 spiro atoms. The Morgan fingerprint density at radius 2 is 1.17 bits per heavy atom. The lowest BCUT2D eigenvalue weighted by molar-refractivity contribution is -0.271. The molecule has 0 amide bonds. The summed E-state index contributed by atoms with van der Waals surface area (Å²) in [6.07, 6.45) is -12.2. The maximum Gasteiger partial charge on any atom is 0.454 e. The molecule has 0 aliphatic heterocycles. The number of alkyl halides is 12. The molecule has 0 nitrogen and oxygen atoms in total. The Kier molecular flexibility index (Phi) is 8.15. The Morgan fingerprint density at radius 3 is 1.17 bits per heavy atom. The van der Waals surface area contributed by atoms with Gasteiger partial charge in [-0.05, 0) is 0 Å². The zero-order valence-corrected chi connectivity index (χ0v) is 10.2. The van der Waals surface area contributed by atoms with Crippen LogP contribution in [0.5, 0.6) is 0 Å². The summed E-state index contributed by atoms with van der Waals surface area (Å²) in [4.78, 5) is 0. The molecule has 0 saturated carbocycles. The van der Waals surface area contributed by atoms with E-state index in [0.29, 0.717) is 0 Å². The van der Waals surface area contributed by atoms with Gasteiger partial charge in [0.25, 0.3) is 11.0 Å². The van der Waals surface area contributed by atoms with Gasteiger partial charge < -0.3 is 0 Å². The van der Waals surface area contributed by atoms with Crippen molar-refractivity contribution < 1.29 is 39.5 Å². The molecule has 0 fully saturated rings. The predicted octanol–water partition coefficient (Wildman–Crippen LogP) is 5.11. The van der Waals surface area contributed by atoms with Crippen molar-refractivity contribution >= 4 is 34.8 Å². The number of halogens is 12. The Hall–Kier alpha value is 0.240. The van der Waals surface area contributed by atoms with Gasteiger partial charge in [0.2, 0.25) is 6.17 Å². The van der Waals surface area contributed by atoms with Crippen molar-refractivity contribution in [3.63, 3.8) is 0 Å². The summed E-state index contributed by atoms with van der Waals surface area (Å²) in [5.41, 5.74) is 0. The van der Waals surface area contributed by atoms with Crippen LogP contribution in [0.2, 0.25) is 0 Å². The van der Waals surface area contributed by atoms with Crippen LogP contribution in [0, 0.1) is 0 Å². The second-order valence-electron chi connectivity index (χ2n) is 2.61. The molecule has 18 heavy (non-hydrogen) atoms. The van der Waals surface area contributed by atoms with E-state index < -0.39 is 35.2 Å². The minimum Gasteiger partial charge on any atom is -0.235 e. The average Bonchev–Trinajstić information content (AvgIpc) is 2.14. The zero-order chi connectivity index (χ0) is 15.4. The molecule has 0 rings (SSSR count). The van der Waals surface area contributed by atoms with Gasteiger partial charge in [0.15, 0.2) is 0 Å². The van der Waals surface area contributed by atoms with Crippen LogP contribution in [0.4, 0.5) is 39.5 Å². The molecule has 0 aromatic rings. The summed E-state index contributed by atoms with van der Waals surface area (Å²) >= 11 is 13.0. The SMILES string of the molecule is FC(F)(F)C(F)(F)CCl.FC(F)C(F)C(F)(Cl)Cl. The fraction of sp³-hybridized carbons (Fsp3) is 1.00. The highest BCUT2D eigenvalue weighted by molar-refractivity contribution is 6.47. The fourth-order valence-electron chi connectivity index (χ4n) is 0.219. The van der Waals surface area contributed by atoms with Crippen molar-refractivity contribution in [3.8, 4) is 0 Å². The number of hydrogen-bond donors (Lipinski definition) is 0. The van der Waals surface area contributed by atoms with Crippen LogP contribution >= 0.6 is 34.8 Å². The van der Waals surface area contributed by atoms with E-state index in [0.717, 1.165) is 0 Å². The van der Waals surface area contributed by atoms with Crippen LogP contribution in [0.3, 0.4) is 0 Å². The van der Waals surface area contributed by atoms with E-state index in [1.54, 1.807) is 0 Å². The van der Waals surface area contributed by atoms with Gasteiger partial charge in [-0.25, -0.2) is 17.6 Å². The molecular formula is C6H4Cl3F9. The van der Waals surface area contributed by atoms with Crippen LogP contribution in [-0.2, 0) is 0 Å². The van der Waals surface area contributed by atoms with E-state index in [2.05, 4.69) is 34.8 Å². The minimum atomic E-state index is -5.52. The van der Waals surface area contributed by atoms with Crippen molar-refractivity contribution in [2.24, 2.45) is 0 Å². The first-order chi connectivity index (χ1) is 7.66. The Balaban J connectivity index is 0. The van der Waals surface area contributed by atoms with Gasteiger partial charge in [-0.1, -0.05) is 23.2 Å². The smallest absolute Gasteiger partial charge is 0.235 e. The molecule has 112 valence electrons. The molecular weight excluding hydrogens is 349 g/mol. The molecule has 0 radical (unpaired) electrons. The van der Waals surface area contributed by atoms with Gasteiger partial charge in [-0.3, -0.25) is 0 Å². The van der Waals surface area contributed by atoms with E-state index in [1.165, 1.54) is 0 Å². The standard InChI is InChI=1S/C3H2Cl2F4.C3H2ClF5/c4-3(5,9)1(6)2(7)8;4-1-2(5,6)3(7,8)9/h1-2H;1H2. The molecule has 0 aliphatic rings. The molecule has 0 aromatic carbocycles. The zero-order valence-electron chi connectivity index (χ0n) is 7.90. The predicted molar refractivity (Wildman–Crippen MR) is 48.2 cm³/mol. The van der Waals surface area contributed by atoms with Crippen LogP contribution < -0.4 is 0 Å². The summed E-state index contributed by atoms with van der Waals surface area (Å²) < 4.78 is 97.9. The molecule has 1 atom stereocenters. The number of rotatable bonds is 3. The van der Waals surface area contributed by atoms with Crippen LogP contribution in [0.1, 0.15) is 0 Å². The molecule has 0 heterocycles. The lowest BCUT2D eigenvalue weighted by Gasteiger charge is -2.15. The van der Waals surface area contributed by atoms with Crippen molar-refractivity contribution in [3.05, 3.63) is 0 Å². The van der Waals surface area contributed by atoms with Gasteiger partial charge in [0.1, 0.15) is 0 Å². The lowest BCUT2D eigenvalue weighted by Crippen LogP contribution is -2.37. The average molecular weight is 353 g/mol. The molecule has 0 saturated heterocycles. The second-order valence-corrected chi connectivity index (χ2v) is 4.17. The molecule has 0 bridgehead atoms. The maximum atomic E-state index is 11.7. The highest BCUT2D eigenvalue weighted by Crippen LogP contribution is 2.35. The first-order valence-corrected chi connectivity index (χ1v) is 4.95. The van der Waals surface area contributed by atoms with Crippen molar-refractivity contribution in [1.29, 1.82) is 0 Å². The summed E-state index contributed by atoms with van der Waals surface area (Å²) in [7, 11) is 0. The third-order valence-corrected chi connectivity index (χ3v) is 1.87. The van der Waals surface area contributed by atoms with E-state index in [-0.39, 0.29) is 0 Å². The fourth-order valence-corrected chi connectivity index (χ4v) is 0.561. The van der Waals surface area contributed by atoms with Crippen LogP contribution in [0.25, 0.3) is 0 Å². The summed E-state index contributed by atoms with van der Waals surface area (Å²) in [5.74, 6) is -6.48. The molecule has 0 N–H and O–H groups in total. The third kappa shape index (κ3) is 7.63. The van der Waals surface area contributed by atoms with E-state index in [9.17, 15) is 39.5 Å². The van der Waals surface area contributed by atoms with Crippen molar-refractivity contribution in [1.82, 2.24) is 0 Å². The highest BCUT2D eigenvalue weighted by Gasteiger charge is 2.56. The summed E-state index contributed by atoms with van der Waals surface area (Å²) in [5, 5.41) is 0. The Morgan fingerprint density at radius 1 is 0.833 bits per heavy atom. The Labute approximate surface area is 110 Å². The molecule has 0 aliphatic carbocycles. The second kappa shape index (κ2) is 7.14. The molecule has 0 aromatic heterocycles. The van der Waals surface area contributed by atoms with Crippen LogP contribution in [-0.4, -0.2) is 35.2 Å². The van der Waals surface area contributed by atoms with Crippen molar-refractivity contribution in [2.45, 2.75) is 29.3 Å². The normalized spacial score (nSPS) is 15.2. The van der Waals surface area contributed by atoms with Crippen molar-refractivity contribution in [2.75, 3.05) is 5.88 Å². The minimum absolute atomic E-state index is 1.73. The van der Waals surface area contributed by atoms with Gasteiger partial charge in [0.05, 0.1) is 5.88 Å². The quantitative estimate of drug-likeness (QED) is 0.488. The first kappa shape index (κ1) is 20.6. The van der Waals surface area contributed by atoms with E-state index >= 15 is 0 Å². The summed E-state index contributed by atoms with van der Waals surface area (Å²) in [6, 6.07) is 0. The van der Waals surface area contributed by atoms with E-state index in [4.69, 9.17) is 0 Å².